The minimum absolute atomic E-state index is 0.0724. The van der Waals surface area contributed by atoms with Crippen LogP contribution < -0.4 is 22.2 Å². The van der Waals surface area contributed by atoms with Crippen LogP contribution >= 0.6 is 0 Å². The first-order valence-corrected chi connectivity index (χ1v) is 15.8. The van der Waals surface area contributed by atoms with Gasteiger partial charge >= 0.3 is 202 Å². The van der Waals surface area contributed by atoms with Gasteiger partial charge in [0.1, 0.15) is 0 Å². The van der Waals surface area contributed by atoms with E-state index in [0.717, 1.165) is 13.8 Å². The fourth-order valence-electron chi connectivity index (χ4n) is 4.24. The van der Waals surface area contributed by atoms with Crippen LogP contribution in [-0.4, -0.2) is 56.2 Å². The summed E-state index contributed by atoms with van der Waals surface area (Å²) in [5.41, 5.74) is 1.59. The maximum absolute atomic E-state index is 13.0. The first kappa shape index (κ1) is 22.8. The van der Waals surface area contributed by atoms with E-state index in [1.807, 2.05) is 19.1 Å². The molecule has 3 aliphatic rings. The molecule has 10 nitrogen and oxygen atoms in total. The van der Waals surface area contributed by atoms with E-state index >= 15 is 0 Å². The Kier molecular flexibility index (Phi) is 6.08. The quantitative estimate of drug-likeness (QED) is 0.323. The average molecular weight is 574 g/mol. The summed E-state index contributed by atoms with van der Waals surface area (Å²) in [4.78, 5) is 52.6. The van der Waals surface area contributed by atoms with E-state index in [-0.39, 0.29) is 17.5 Å². The van der Waals surface area contributed by atoms with E-state index in [4.69, 9.17) is 4.89 Å². The number of pyridine rings is 1. The summed E-state index contributed by atoms with van der Waals surface area (Å²) >= 11 is -3.23. The molecule has 3 N–H and O–H groups in total. The van der Waals surface area contributed by atoms with E-state index in [1.54, 1.807) is 48.5 Å². The van der Waals surface area contributed by atoms with E-state index in [9.17, 15) is 19.5 Å². The van der Waals surface area contributed by atoms with Gasteiger partial charge in [0.15, 0.2) is 0 Å². The molecule has 0 aliphatic carbocycles. The minimum atomic E-state index is -3.23. The number of benzene rings is 2. The molecule has 0 radical (unpaired) electrons. The first-order chi connectivity index (χ1) is 17.0. The second-order valence-electron chi connectivity index (χ2n) is 7.82. The van der Waals surface area contributed by atoms with Gasteiger partial charge in [-0.15, -0.1) is 0 Å². The van der Waals surface area contributed by atoms with Gasteiger partial charge in [-0.1, -0.05) is 6.07 Å². The Hall–Kier alpha value is -3.99. The van der Waals surface area contributed by atoms with Crippen LogP contribution in [0.3, 0.4) is 0 Å². The molecule has 0 unspecified atom stereocenters. The predicted molar refractivity (Wildman–Crippen MR) is 129 cm³/mol. The number of amides is 3. The molecule has 11 heteroatoms. The summed E-state index contributed by atoms with van der Waals surface area (Å²) in [6.07, 6.45) is 1.23. The van der Waals surface area contributed by atoms with Crippen molar-refractivity contribution in [1.82, 2.24) is 10.3 Å². The van der Waals surface area contributed by atoms with Crippen LogP contribution in [0.25, 0.3) is 6.08 Å². The Morgan fingerprint density at radius 2 is 1.86 bits per heavy atom. The average Bonchev–Trinajstić information content (AvgIpc) is 3.23. The Balaban J connectivity index is 1.47. The molecular weight excluding hydrogens is 555 g/mol. The summed E-state index contributed by atoms with van der Waals surface area (Å²) in [5.74, 6) is -0.431. The van der Waals surface area contributed by atoms with Crippen molar-refractivity contribution in [1.29, 1.82) is 0 Å². The maximum atomic E-state index is 13.0. The molecule has 3 amide bonds. The molecule has 6 rings (SSSR count). The SMILES string of the molecule is CCNC(=O)[C]1=Cc2cc3cc[c]2[In]1[c]1ccnc(c1O)N3C(=O)OOC(=O)Nc1ccccc1. The second-order valence-corrected chi connectivity index (χ2v) is 15.6. The number of likely N-dealkylation sites (N-methyl/N-ethyl adjacent to an activating group) is 1. The Bertz CT molecular complexity index is 1380. The molecule has 35 heavy (non-hydrogen) atoms. The van der Waals surface area contributed by atoms with Crippen molar-refractivity contribution in [2.45, 2.75) is 6.92 Å². The van der Waals surface area contributed by atoms with Crippen molar-refractivity contribution >= 4 is 69.4 Å². The van der Waals surface area contributed by atoms with Crippen molar-refractivity contribution in [3.63, 3.8) is 0 Å². The number of hydrogen-bond donors (Lipinski definition) is 3. The van der Waals surface area contributed by atoms with Gasteiger partial charge in [0, 0.05) is 0 Å². The molecule has 3 aromatic rings. The normalized spacial score (nSPS) is 12.8. The van der Waals surface area contributed by atoms with Crippen LogP contribution in [0, 0.1) is 0 Å². The molecule has 0 saturated carbocycles. The number of hydrogen-bond acceptors (Lipinski definition) is 7. The van der Waals surface area contributed by atoms with Crippen molar-refractivity contribution in [3.05, 3.63) is 69.7 Å². The molecule has 0 spiro atoms. The number of anilines is 3. The van der Waals surface area contributed by atoms with Crippen molar-refractivity contribution in [2.24, 2.45) is 0 Å². The summed E-state index contributed by atoms with van der Waals surface area (Å²) in [7, 11) is 0. The number of aromatic hydroxyl groups is 1. The fraction of sp³-hybridized carbons (Fsp3) is 0.0833. The molecule has 6 bridgehead atoms. The van der Waals surface area contributed by atoms with Crippen LogP contribution in [-0.2, 0) is 14.6 Å². The number of carbonyl (C=O) groups is 3. The van der Waals surface area contributed by atoms with E-state index in [0.29, 0.717) is 24.6 Å². The third kappa shape index (κ3) is 4.18. The first-order valence-electron chi connectivity index (χ1n) is 10.8. The van der Waals surface area contributed by atoms with Gasteiger partial charge in [-0.3, -0.25) is 0 Å². The summed E-state index contributed by atoms with van der Waals surface area (Å²) in [6.45, 7) is 2.33. The van der Waals surface area contributed by atoms with Crippen LogP contribution in [0.15, 0.2) is 64.1 Å². The Labute approximate surface area is 207 Å². The van der Waals surface area contributed by atoms with Gasteiger partial charge < -0.3 is 0 Å². The molecule has 3 aliphatic heterocycles. The summed E-state index contributed by atoms with van der Waals surface area (Å²) in [6, 6.07) is 15.5. The van der Waals surface area contributed by atoms with Gasteiger partial charge in [0.2, 0.25) is 0 Å². The van der Waals surface area contributed by atoms with Crippen LogP contribution in [0.4, 0.5) is 26.8 Å². The molecule has 2 aromatic carbocycles. The Morgan fingerprint density at radius 3 is 2.63 bits per heavy atom. The van der Waals surface area contributed by atoms with Gasteiger partial charge in [-0.05, 0) is 0 Å². The van der Waals surface area contributed by atoms with Crippen LogP contribution in [0.2, 0.25) is 0 Å². The third-order valence-electron chi connectivity index (χ3n) is 5.71. The monoisotopic (exact) mass is 574 g/mol. The van der Waals surface area contributed by atoms with Gasteiger partial charge in [-0.2, -0.15) is 0 Å². The molecule has 0 atom stereocenters. The zero-order valence-electron chi connectivity index (χ0n) is 18.5. The topological polar surface area (TPSA) is 130 Å². The van der Waals surface area contributed by atoms with E-state index in [2.05, 4.69) is 20.5 Å². The zero-order chi connectivity index (χ0) is 24.5. The van der Waals surface area contributed by atoms with E-state index in [1.165, 1.54) is 6.20 Å². The molecular formula is C24H19InN4O6. The van der Waals surface area contributed by atoms with Gasteiger partial charge in [0.05, 0.1) is 0 Å². The molecule has 174 valence electrons. The van der Waals surface area contributed by atoms with Crippen molar-refractivity contribution in [2.75, 3.05) is 16.8 Å². The summed E-state index contributed by atoms with van der Waals surface area (Å²) < 4.78 is 2.31. The van der Waals surface area contributed by atoms with Gasteiger partial charge in [-0.25, -0.2) is 0 Å². The number of nitrogens with zero attached hydrogens (tertiary/aromatic N) is 2. The predicted octanol–water partition coefficient (Wildman–Crippen LogP) is 2.22. The third-order valence-corrected chi connectivity index (χ3v) is 15.1. The number of para-hydroxylation sites is 1. The zero-order valence-corrected chi connectivity index (χ0v) is 21.8. The van der Waals surface area contributed by atoms with Crippen molar-refractivity contribution in [3.8, 4) is 5.75 Å². The van der Waals surface area contributed by atoms with E-state index < -0.39 is 33.6 Å². The molecule has 0 fully saturated rings. The number of carbonyl (C=O) groups excluding carboxylic acids is 3. The van der Waals surface area contributed by atoms with Crippen LogP contribution in [0.5, 0.6) is 5.75 Å². The Morgan fingerprint density at radius 1 is 1.06 bits per heavy atom. The number of nitrogens with one attached hydrogen (secondary N) is 2. The fourth-order valence-corrected chi connectivity index (χ4v) is 13.3. The standard InChI is InChI=1S/C24H19N4O6.In/c1-2-25-21(30)14-13-17-8-6-11-19(16-17)28(22-20(29)12-7-15-26-22)24(32)34-33-23(31)27-18-9-4-3-5-10-18;/h3-7,9-11,13,15-16,29H,2H2,1H3,(H,25,30)(H,27,31);. The number of aromatic nitrogens is 1. The number of fused-ring (bicyclic) bond motifs is 1. The molecule has 0 saturated heterocycles. The van der Waals surface area contributed by atoms with Crippen LogP contribution in [0.1, 0.15) is 12.5 Å². The number of rotatable bonds is 3. The van der Waals surface area contributed by atoms with Crippen molar-refractivity contribution < 1.29 is 29.3 Å². The summed E-state index contributed by atoms with van der Waals surface area (Å²) in [5, 5.41) is 16.5. The second kappa shape index (κ2) is 9.34. The molecule has 1 aromatic heterocycles. The molecule has 4 heterocycles. The van der Waals surface area contributed by atoms with Gasteiger partial charge in [0.25, 0.3) is 0 Å².